The zero-order chi connectivity index (χ0) is 18.1. The van der Waals surface area contributed by atoms with Gasteiger partial charge in [-0.2, -0.15) is 0 Å². The Balaban J connectivity index is 0.00000210. The van der Waals surface area contributed by atoms with E-state index >= 15 is 0 Å². The van der Waals surface area contributed by atoms with Crippen LogP contribution in [0.4, 0.5) is 5.82 Å². The first-order chi connectivity index (χ1) is 12.7. The standard InChI is InChI=1S/C17H17N5O4.H2O/c23-7-12-11(24)6-13(26-12)22-9-20-14-15(18-8-19-16(14)22)21-17(25)10-4-2-1-3-5-10;/h1-5,8-9,11-13,23-24H,6-7H2,(H,18,19,21,25);1H2/t11-,12-,13-;/m1./s1. The highest BCUT2D eigenvalue weighted by Crippen LogP contribution is 2.31. The number of ether oxygens (including phenoxy) is 1. The number of nitrogens with zero attached hydrogens (tertiary/aromatic N) is 4. The minimum Gasteiger partial charge on any atom is -0.412 e. The van der Waals surface area contributed by atoms with Crippen molar-refractivity contribution in [3.05, 3.63) is 48.5 Å². The number of aromatic nitrogens is 4. The first-order valence-electron chi connectivity index (χ1n) is 8.15. The van der Waals surface area contributed by atoms with Crippen LogP contribution in [0.3, 0.4) is 0 Å². The van der Waals surface area contributed by atoms with Gasteiger partial charge in [0.05, 0.1) is 19.0 Å². The summed E-state index contributed by atoms with van der Waals surface area (Å²) >= 11 is 0. The van der Waals surface area contributed by atoms with Gasteiger partial charge in [-0.1, -0.05) is 18.2 Å². The van der Waals surface area contributed by atoms with Gasteiger partial charge >= 0.3 is 0 Å². The number of aliphatic hydroxyl groups excluding tert-OH is 2. The van der Waals surface area contributed by atoms with Crippen molar-refractivity contribution in [3.63, 3.8) is 0 Å². The summed E-state index contributed by atoms with van der Waals surface area (Å²) in [7, 11) is 0. The van der Waals surface area contributed by atoms with Crippen molar-refractivity contribution in [3.8, 4) is 0 Å². The van der Waals surface area contributed by atoms with Crippen LogP contribution in [0, 0.1) is 0 Å². The predicted octanol–water partition coefficient (Wildman–Crippen LogP) is -0.105. The van der Waals surface area contributed by atoms with E-state index in [4.69, 9.17) is 4.74 Å². The lowest BCUT2D eigenvalue weighted by molar-refractivity contribution is -0.0432. The molecule has 2 aromatic heterocycles. The molecule has 1 saturated heterocycles. The van der Waals surface area contributed by atoms with Gasteiger partial charge in [-0.05, 0) is 12.1 Å². The van der Waals surface area contributed by atoms with Gasteiger partial charge in [-0.25, -0.2) is 15.0 Å². The van der Waals surface area contributed by atoms with Gasteiger partial charge in [0.15, 0.2) is 17.0 Å². The Kier molecular flexibility index (Phi) is 5.42. The van der Waals surface area contributed by atoms with Crippen molar-refractivity contribution >= 4 is 22.9 Å². The molecule has 0 spiro atoms. The van der Waals surface area contributed by atoms with Gasteiger partial charge in [-0.3, -0.25) is 9.36 Å². The average Bonchev–Trinajstić information content (AvgIpc) is 3.26. The van der Waals surface area contributed by atoms with Crippen LogP contribution in [-0.4, -0.2) is 59.9 Å². The van der Waals surface area contributed by atoms with E-state index in [-0.39, 0.29) is 18.0 Å². The number of anilines is 1. The molecular weight excluding hydrogens is 354 g/mol. The molecule has 3 heterocycles. The maximum absolute atomic E-state index is 12.4. The van der Waals surface area contributed by atoms with E-state index in [0.717, 1.165) is 0 Å². The number of hydrogen-bond acceptors (Lipinski definition) is 7. The Labute approximate surface area is 153 Å². The summed E-state index contributed by atoms with van der Waals surface area (Å²) in [6, 6.07) is 8.79. The number of imidazole rings is 1. The third-order valence-corrected chi connectivity index (χ3v) is 4.32. The zero-order valence-corrected chi connectivity index (χ0v) is 14.2. The summed E-state index contributed by atoms with van der Waals surface area (Å²) in [5, 5.41) is 21.9. The molecule has 4 rings (SSSR count). The molecule has 0 bridgehead atoms. The first kappa shape index (κ1) is 18.9. The second-order valence-corrected chi connectivity index (χ2v) is 5.98. The SMILES string of the molecule is O.O=C(Nc1ncnc2c1ncn2[C@H]1C[C@@H](O)[C@@H](CO)O1)c1ccccc1. The van der Waals surface area contributed by atoms with Gasteiger partial charge in [-0.15, -0.1) is 0 Å². The molecule has 1 amide bonds. The van der Waals surface area contributed by atoms with Gasteiger partial charge in [0.1, 0.15) is 18.7 Å². The van der Waals surface area contributed by atoms with Crippen LogP contribution in [0.25, 0.3) is 11.2 Å². The van der Waals surface area contributed by atoms with E-state index < -0.39 is 18.4 Å². The monoisotopic (exact) mass is 373 g/mol. The lowest BCUT2D eigenvalue weighted by Crippen LogP contribution is -2.24. The Hall–Kier alpha value is -2.92. The molecule has 1 fully saturated rings. The summed E-state index contributed by atoms with van der Waals surface area (Å²) in [4.78, 5) is 25.0. The van der Waals surface area contributed by atoms with E-state index in [2.05, 4.69) is 20.3 Å². The molecule has 5 N–H and O–H groups in total. The minimum absolute atomic E-state index is 0. The van der Waals surface area contributed by atoms with Gasteiger partial charge in [0.25, 0.3) is 5.91 Å². The van der Waals surface area contributed by atoms with Crippen LogP contribution in [0.5, 0.6) is 0 Å². The number of hydrogen-bond donors (Lipinski definition) is 3. The molecule has 27 heavy (non-hydrogen) atoms. The molecule has 10 heteroatoms. The Morgan fingerprint density at radius 1 is 1.26 bits per heavy atom. The fourth-order valence-corrected chi connectivity index (χ4v) is 2.97. The van der Waals surface area contributed by atoms with Crippen molar-refractivity contribution in [2.24, 2.45) is 0 Å². The van der Waals surface area contributed by atoms with E-state index in [1.54, 1.807) is 28.8 Å². The maximum atomic E-state index is 12.4. The van der Waals surface area contributed by atoms with Crippen LogP contribution < -0.4 is 5.32 Å². The lowest BCUT2D eigenvalue weighted by Gasteiger charge is -2.13. The quantitative estimate of drug-likeness (QED) is 0.576. The Morgan fingerprint density at radius 3 is 2.74 bits per heavy atom. The topological polar surface area (TPSA) is 154 Å². The number of aliphatic hydroxyl groups is 2. The van der Waals surface area contributed by atoms with Crippen LogP contribution in [0.1, 0.15) is 23.0 Å². The smallest absolute Gasteiger partial charge is 0.256 e. The molecule has 0 aliphatic carbocycles. The third kappa shape index (κ3) is 3.51. The van der Waals surface area contributed by atoms with E-state index in [1.165, 1.54) is 12.7 Å². The maximum Gasteiger partial charge on any atom is 0.256 e. The van der Waals surface area contributed by atoms with Crippen LogP contribution in [0.2, 0.25) is 0 Å². The molecule has 3 aromatic rings. The van der Waals surface area contributed by atoms with Crippen LogP contribution in [0.15, 0.2) is 43.0 Å². The molecule has 10 nitrogen and oxygen atoms in total. The molecule has 1 aliphatic rings. The van der Waals surface area contributed by atoms with Crippen LogP contribution >= 0.6 is 0 Å². The molecule has 0 saturated carbocycles. The van der Waals surface area contributed by atoms with Crippen LogP contribution in [-0.2, 0) is 4.74 Å². The summed E-state index contributed by atoms with van der Waals surface area (Å²) in [5.74, 6) is -0.00658. The largest absolute Gasteiger partial charge is 0.412 e. The average molecular weight is 373 g/mol. The first-order valence-corrected chi connectivity index (χ1v) is 8.15. The van der Waals surface area contributed by atoms with Crippen molar-refractivity contribution < 1.29 is 25.2 Å². The van der Waals surface area contributed by atoms with E-state index in [9.17, 15) is 15.0 Å². The number of benzene rings is 1. The van der Waals surface area contributed by atoms with Gasteiger partial charge in [0, 0.05) is 12.0 Å². The molecule has 0 radical (unpaired) electrons. The molecule has 1 aromatic carbocycles. The molecule has 3 atom stereocenters. The Bertz CT molecular complexity index is 932. The number of rotatable bonds is 4. The summed E-state index contributed by atoms with van der Waals surface area (Å²) in [6.07, 6.45) is 1.26. The summed E-state index contributed by atoms with van der Waals surface area (Å²) < 4.78 is 7.30. The highest BCUT2D eigenvalue weighted by Gasteiger charge is 2.35. The molecule has 0 unspecified atom stereocenters. The molecule has 142 valence electrons. The minimum atomic E-state index is -0.762. The fourth-order valence-electron chi connectivity index (χ4n) is 2.97. The van der Waals surface area contributed by atoms with Gasteiger partial charge in [0.2, 0.25) is 0 Å². The van der Waals surface area contributed by atoms with Crippen molar-refractivity contribution in [2.75, 3.05) is 11.9 Å². The third-order valence-electron chi connectivity index (χ3n) is 4.32. The number of carbonyl (C=O) groups is 1. The van der Waals surface area contributed by atoms with Crippen molar-refractivity contribution in [2.45, 2.75) is 24.9 Å². The normalized spacial score (nSPS) is 21.8. The highest BCUT2D eigenvalue weighted by atomic mass is 16.5. The second kappa shape index (κ2) is 7.76. The predicted molar refractivity (Wildman–Crippen MR) is 95.0 cm³/mol. The zero-order valence-electron chi connectivity index (χ0n) is 14.2. The summed E-state index contributed by atoms with van der Waals surface area (Å²) in [5.41, 5.74) is 1.40. The van der Waals surface area contributed by atoms with E-state index in [1.807, 2.05) is 6.07 Å². The molecule has 1 aliphatic heterocycles. The van der Waals surface area contributed by atoms with Crippen molar-refractivity contribution in [1.82, 2.24) is 19.5 Å². The van der Waals surface area contributed by atoms with E-state index in [0.29, 0.717) is 29.0 Å². The van der Waals surface area contributed by atoms with Crippen molar-refractivity contribution in [1.29, 1.82) is 0 Å². The highest BCUT2D eigenvalue weighted by molar-refractivity contribution is 6.06. The Morgan fingerprint density at radius 2 is 2.04 bits per heavy atom. The molecular formula is C17H19N5O5. The fraction of sp³-hybridized carbons (Fsp3) is 0.294. The number of nitrogens with one attached hydrogen (secondary N) is 1. The lowest BCUT2D eigenvalue weighted by atomic mass is 10.2. The summed E-state index contributed by atoms with van der Waals surface area (Å²) in [6.45, 7) is -0.266. The second-order valence-electron chi connectivity index (χ2n) is 5.98. The van der Waals surface area contributed by atoms with Gasteiger partial charge < -0.3 is 25.7 Å². The number of amides is 1. The number of fused-ring (bicyclic) bond motifs is 1. The number of carbonyl (C=O) groups excluding carboxylic acids is 1.